The molecule has 4 nitrogen and oxygen atoms in total. The van der Waals surface area contributed by atoms with E-state index in [1.165, 1.54) is 6.20 Å². The van der Waals surface area contributed by atoms with Crippen LogP contribution in [0, 0.1) is 0 Å². The van der Waals surface area contributed by atoms with Crippen LogP contribution in [0.3, 0.4) is 0 Å². The molecule has 0 saturated carbocycles. The molecule has 17 heavy (non-hydrogen) atoms. The van der Waals surface area contributed by atoms with Gasteiger partial charge in [-0.15, -0.1) is 5.10 Å². The molecular weight excluding hydrogens is 260 g/mol. The topological polar surface area (TPSA) is 52.1 Å². The van der Waals surface area contributed by atoms with Gasteiger partial charge in [0.25, 0.3) is 0 Å². The first-order valence-corrected chi connectivity index (χ1v) is 6.06. The molecule has 0 spiro atoms. The van der Waals surface area contributed by atoms with Gasteiger partial charge < -0.3 is 4.74 Å². The summed E-state index contributed by atoms with van der Waals surface area (Å²) in [5, 5.41) is 4.16. The molecule has 1 heterocycles. The Labute approximate surface area is 107 Å². The molecule has 0 saturated heterocycles. The summed E-state index contributed by atoms with van der Waals surface area (Å²) in [5.74, 6) is -0.438. The fraction of sp³-hybridized carbons (Fsp3) is 0.182. The molecule has 0 unspecified atom stereocenters. The molecule has 2 rings (SSSR count). The number of carbonyl (C=O) groups is 1. The van der Waals surface area contributed by atoms with E-state index in [0.717, 1.165) is 17.1 Å². The number of aromatic nitrogens is 2. The number of halogens is 1. The minimum Gasteiger partial charge on any atom is -0.453 e. The summed E-state index contributed by atoms with van der Waals surface area (Å²) < 4.78 is 8.87. The molecule has 0 N–H and O–H groups in total. The normalized spacial score (nSPS) is 12.1. The maximum absolute atomic E-state index is 11.7. The van der Waals surface area contributed by atoms with Crippen LogP contribution in [0.15, 0.2) is 30.5 Å². The fourth-order valence-corrected chi connectivity index (χ4v) is 2.03. The van der Waals surface area contributed by atoms with Crippen molar-refractivity contribution in [2.24, 2.45) is 0 Å². The average molecular weight is 269 g/mol. The van der Waals surface area contributed by atoms with Gasteiger partial charge in [0, 0.05) is 10.6 Å². The van der Waals surface area contributed by atoms with Gasteiger partial charge in [-0.3, -0.25) is 0 Å². The van der Waals surface area contributed by atoms with Gasteiger partial charge in [0.15, 0.2) is 4.88 Å². The predicted molar refractivity (Wildman–Crippen MR) is 65.2 cm³/mol. The van der Waals surface area contributed by atoms with Crippen molar-refractivity contribution in [3.05, 3.63) is 45.9 Å². The van der Waals surface area contributed by atoms with Crippen molar-refractivity contribution in [2.75, 3.05) is 0 Å². The molecule has 0 aliphatic rings. The van der Waals surface area contributed by atoms with E-state index in [4.69, 9.17) is 16.3 Å². The molecule has 0 aliphatic carbocycles. The largest absolute Gasteiger partial charge is 0.453 e. The number of ether oxygens (including phenoxy) is 1. The fourth-order valence-electron chi connectivity index (χ4n) is 1.34. The van der Waals surface area contributed by atoms with Gasteiger partial charge >= 0.3 is 5.97 Å². The van der Waals surface area contributed by atoms with Crippen LogP contribution in [-0.2, 0) is 4.74 Å². The highest BCUT2D eigenvalue weighted by Crippen LogP contribution is 2.25. The quantitative estimate of drug-likeness (QED) is 0.803. The Morgan fingerprint density at radius 1 is 1.47 bits per heavy atom. The first kappa shape index (κ1) is 12.0. The van der Waals surface area contributed by atoms with Gasteiger partial charge in [-0.2, -0.15) is 0 Å². The lowest BCUT2D eigenvalue weighted by Gasteiger charge is -2.13. The van der Waals surface area contributed by atoms with Crippen molar-refractivity contribution in [2.45, 2.75) is 13.0 Å². The third-order valence-electron chi connectivity index (χ3n) is 2.19. The van der Waals surface area contributed by atoms with E-state index in [2.05, 4.69) is 9.59 Å². The summed E-state index contributed by atoms with van der Waals surface area (Å²) in [4.78, 5) is 12.0. The summed E-state index contributed by atoms with van der Waals surface area (Å²) in [5.41, 5.74) is 0.778. The number of hydrogen-bond acceptors (Lipinski definition) is 5. The molecule has 1 aromatic heterocycles. The lowest BCUT2D eigenvalue weighted by atomic mass is 10.1. The van der Waals surface area contributed by atoms with Crippen LogP contribution in [0.4, 0.5) is 0 Å². The standard InChI is InChI=1S/C11H9ClN2O2S/c1-7(8-4-2-3-5-9(8)12)16-11(15)10-6-13-14-17-10/h2-7H,1H3/t7-/m0/s1. The van der Waals surface area contributed by atoms with Crippen LogP contribution in [0.2, 0.25) is 5.02 Å². The third kappa shape index (κ3) is 2.81. The Morgan fingerprint density at radius 2 is 2.24 bits per heavy atom. The number of esters is 1. The summed E-state index contributed by atoms with van der Waals surface area (Å²) >= 11 is 7.02. The van der Waals surface area contributed by atoms with Gasteiger partial charge in [0.2, 0.25) is 0 Å². The molecule has 0 bridgehead atoms. The van der Waals surface area contributed by atoms with E-state index >= 15 is 0 Å². The maximum atomic E-state index is 11.7. The van der Waals surface area contributed by atoms with E-state index < -0.39 is 12.1 Å². The molecule has 0 amide bonds. The van der Waals surface area contributed by atoms with E-state index in [9.17, 15) is 4.79 Å². The summed E-state index contributed by atoms with van der Waals surface area (Å²) in [6.45, 7) is 1.77. The Bertz CT molecular complexity index is 516. The van der Waals surface area contributed by atoms with Gasteiger partial charge in [-0.1, -0.05) is 34.3 Å². The molecule has 1 atom stereocenters. The number of nitrogens with zero attached hydrogens (tertiary/aromatic N) is 2. The molecular formula is C11H9ClN2O2S. The minimum atomic E-state index is -0.438. The van der Waals surface area contributed by atoms with Crippen molar-refractivity contribution in [1.82, 2.24) is 9.59 Å². The number of benzene rings is 1. The summed E-state index contributed by atoms with van der Waals surface area (Å²) in [7, 11) is 0. The molecule has 6 heteroatoms. The molecule has 0 radical (unpaired) electrons. The molecule has 1 aromatic carbocycles. The maximum Gasteiger partial charge on any atom is 0.352 e. The highest BCUT2D eigenvalue weighted by molar-refractivity contribution is 7.07. The van der Waals surface area contributed by atoms with Gasteiger partial charge in [0.05, 0.1) is 6.20 Å². The minimum absolute atomic E-state index is 0.379. The molecule has 0 aliphatic heterocycles. The second kappa shape index (κ2) is 5.25. The zero-order chi connectivity index (χ0) is 12.3. The van der Waals surface area contributed by atoms with Crippen molar-refractivity contribution >= 4 is 29.1 Å². The monoisotopic (exact) mass is 268 g/mol. The number of hydrogen-bond donors (Lipinski definition) is 0. The second-order valence-corrected chi connectivity index (χ2v) is 4.54. The molecule has 0 fully saturated rings. The van der Waals surface area contributed by atoms with Gasteiger partial charge in [-0.05, 0) is 24.5 Å². The van der Waals surface area contributed by atoms with Gasteiger partial charge in [0.1, 0.15) is 6.10 Å². The van der Waals surface area contributed by atoms with Crippen LogP contribution in [-0.4, -0.2) is 15.6 Å². The Hall–Kier alpha value is -1.46. The van der Waals surface area contributed by atoms with Crippen molar-refractivity contribution < 1.29 is 9.53 Å². The van der Waals surface area contributed by atoms with Crippen molar-refractivity contribution in [3.8, 4) is 0 Å². The van der Waals surface area contributed by atoms with Crippen molar-refractivity contribution in [3.63, 3.8) is 0 Å². The summed E-state index contributed by atoms with van der Waals surface area (Å²) in [6.07, 6.45) is 0.977. The first-order chi connectivity index (χ1) is 8.18. The Kier molecular flexibility index (Phi) is 3.71. The van der Waals surface area contributed by atoms with E-state index in [1.54, 1.807) is 13.0 Å². The van der Waals surface area contributed by atoms with Crippen LogP contribution >= 0.6 is 23.1 Å². The zero-order valence-corrected chi connectivity index (χ0v) is 10.5. The number of carbonyl (C=O) groups excluding carboxylic acids is 1. The van der Waals surface area contributed by atoms with E-state index in [1.807, 2.05) is 18.2 Å². The smallest absolute Gasteiger partial charge is 0.352 e. The summed E-state index contributed by atoms with van der Waals surface area (Å²) in [6, 6.07) is 7.26. The van der Waals surface area contributed by atoms with Gasteiger partial charge in [-0.25, -0.2) is 4.79 Å². The predicted octanol–water partition coefficient (Wildman–Crippen LogP) is 3.11. The van der Waals surface area contributed by atoms with Crippen molar-refractivity contribution in [1.29, 1.82) is 0 Å². The first-order valence-electron chi connectivity index (χ1n) is 4.91. The Morgan fingerprint density at radius 3 is 2.88 bits per heavy atom. The average Bonchev–Trinajstić information content (AvgIpc) is 2.82. The van der Waals surface area contributed by atoms with Crippen LogP contribution in [0.1, 0.15) is 28.3 Å². The lowest BCUT2D eigenvalue weighted by Crippen LogP contribution is -2.08. The second-order valence-electron chi connectivity index (χ2n) is 3.35. The van der Waals surface area contributed by atoms with Crippen LogP contribution < -0.4 is 0 Å². The molecule has 2 aromatic rings. The number of rotatable bonds is 3. The van der Waals surface area contributed by atoms with Crippen LogP contribution in [0.5, 0.6) is 0 Å². The molecule has 88 valence electrons. The van der Waals surface area contributed by atoms with E-state index in [-0.39, 0.29) is 0 Å². The third-order valence-corrected chi connectivity index (χ3v) is 3.18. The van der Waals surface area contributed by atoms with Crippen LogP contribution in [0.25, 0.3) is 0 Å². The lowest BCUT2D eigenvalue weighted by molar-refractivity contribution is 0.0344. The highest BCUT2D eigenvalue weighted by Gasteiger charge is 2.17. The highest BCUT2D eigenvalue weighted by atomic mass is 35.5. The van der Waals surface area contributed by atoms with E-state index in [0.29, 0.717) is 9.90 Å². The Balaban J connectivity index is 2.10. The SMILES string of the molecule is C[C@H](OC(=O)c1cnns1)c1ccccc1Cl. The zero-order valence-electron chi connectivity index (χ0n) is 8.96.